The number of carbonyl (C=O) groups is 2. The minimum atomic E-state index is -0.958. The lowest BCUT2D eigenvalue weighted by atomic mass is 10.0. The average molecular weight is 352 g/mol. The molecule has 0 aliphatic carbocycles. The van der Waals surface area contributed by atoms with Crippen LogP contribution in [-0.2, 0) is 11.8 Å². The number of carboxylic acids is 1. The molecule has 3 aromatic rings. The molecule has 0 saturated carbocycles. The fraction of sp³-hybridized carbons (Fsp3) is 0.263. The van der Waals surface area contributed by atoms with E-state index in [1.54, 1.807) is 24.7 Å². The molecule has 2 N–H and O–H groups in total. The highest BCUT2D eigenvalue weighted by Crippen LogP contribution is 2.26. The molecule has 0 aliphatic heterocycles. The molecule has 0 saturated heterocycles. The Bertz CT molecular complexity index is 979. The predicted octanol–water partition coefficient (Wildman–Crippen LogP) is 2.54. The number of fused-ring (bicyclic) bond motifs is 1. The maximum Gasteiger partial charge on any atom is 0.305 e. The van der Waals surface area contributed by atoms with Gasteiger partial charge in [0.2, 0.25) is 0 Å². The maximum absolute atomic E-state index is 12.8. The molecule has 26 heavy (non-hydrogen) atoms. The number of benzene rings is 1. The SMILES string of the molecule is Cc1nn(C)c2nc(-c3ccccc3)cc(C(=O)NC(C)CC(=O)O)c12. The third-order valence-corrected chi connectivity index (χ3v) is 4.14. The summed E-state index contributed by atoms with van der Waals surface area (Å²) in [7, 11) is 1.78. The third-order valence-electron chi connectivity index (χ3n) is 4.14. The first-order valence-electron chi connectivity index (χ1n) is 8.29. The lowest BCUT2D eigenvalue weighted by Crippen LogP contribution is -2.34. The van der Waals surface area contributed by atoms with Gasteiger partial charge in [0.05, 0.1) is 28.8 Å². The van der Waals surface area contributed by atoms with Crippen molar-refractivity contribution in [3.05, 3.63) is 47.7 Å². The van der Waals surface area contributed by atoms with Crippen LogP contribution in [0.1, 0.15) is 29.4 Å². The summed E-state index contributed by atoms with van der Waals surface area (Å²) in [6.45, 7) is 3.49. The first-order valence-corrected chi connectivity index (χ1v) is 8.29. The van der Waals surface area contributed by atoms with Gasteiger partial charge in [-0.3, -0.25) is 14.3 Å². The first kappa shape index (κ1) is 17.6. The molecule has 0 bridgehead atoms. The van der Waals surface area contributed by atoms with E-state index in [-0.39, 0.29) is 12.3 Å². The van der Waals surface area contributed by atoms with E-state index in [9.17, 15) is 9.59 Å². The highest BCUT2D eigenvalue weighted by molar-refractivity contribution is 6.07. The van der Waals surface area contributed by atoms with Crippen LogP contribution >= 0.6 is 0 Å². The van der Waals surface area contributed by atoms with Crippen LogP contribution in [0.15, 0.2) is 36.4 Å². The van der Waals surface area contributed by atoms with Gasteiger partial charge in [0.25, 0.3) is 5.91 Å². The zero-order valence-electron chi connectivity index (χ0n) is 14.9. The van der Waals surface area contributed by atoms with Crippen molar-refractivity contribution in [3.63, 3.8) is 0 Å². The number of aliphatic carboxylic acids is 1. The zero-order valence-corrected chi connectivity index (χ0v) is 14.9. The van der Waals surface area contributed by atoms with E-state index in [2.05, 4.69) is 15.4 Å². The largest absolute Gasteiger partial charge is 0.481 e. The van der Waals surface area contributed by atoms with Crippen molar-refractivity contribution in [3.8, 4) is 11.3 Å². The Morgan fingerprint density at radius 3 is 2.62 bits per heavy atom. The molecule has 0 aliphatic rings. The molecule has 0 radical (unpaired) electrons. The van der Waals surface area contributed by atoms with Crippen molar-refractivity contribution in [2.45, 2.75) is 26.3 Å². The second-order valence-corrected chi connectivity index (χ2v) is 6.30. The lowest BCUT2D eigenvalue weighted by Gasteiger charge is -2.13. The van der Waals surface area contributed by atoms with E-state index in [4.69, 9.17) is 5.11 Å². The number of aryl methyl sites for hydroxylation is 2. The zero-order chi connectivity index (χ0) is 18.8. The van der Waals surface area contributed by atoms with Crippen LogP contribution in [0.5, 0.6) is 0 Å². The van der Waals surface area contributed by atoms with Crippen LogP contribution < -0.4 is 5.32 Å². The molecule has 3 rings (SSSR count). The highest BCUT2D eigenvalue weighted by atomic mass is 16.4. The van der Waals surface area contributed by atoms with E-state index in [0.717, 1.165) is 5.56 Å². The predicted molar refractivity (Wildman–Crippen MR) is 97.9 cm³/mol. The van der Waals surface area contributed by atoms with Gasteiger partial charge in [-0.25, -0.2) is 4.98 Å². The van der Waals surface area contributed by atoms with Crippen molar-refractivity contribution in [2.24, 2.45) is 7.05 Å². The minimum Gasteiger partial charge on any atom is -0.481 e. The average Bonchev–Trinajstić information content (AvgIpc) is 2.88. The molecule has 0 fully saturated rings. The number of amides is 1. The summed E-state index contributed by atoms with van der Waals surface area (Å²) in [6.07, 6.45) is -0.141. The van der Waals surface area contributed by atoms with Gasteiger partial charge in [-0.2, -0.15) is 5.10 Å². The summed E-state index contributed by atoms with van der Waals surface area (Å²) in [5.41, 5.74) is 3.31. The van der Waals surface area contributed by atoms with Gasteiger partial charge in [-0.1, -0.05) is 30.3 Å². The van der Waals surface area contributed by atoms with Crippen molar-refractivity contribution < 1.29 is 14.7 Å². The van der Waals surface area contributed by atoms with Gasteiger partial charge in [0.15, 0.2) is 5.65 Å². The lowest BCUT2D eigenvalue weighted by molar-refractivity contribution is -0.137. The molecule has 1 amide bonds. The molecule has 1 atom stereocenters. The fourth-order valence-corrected chi connectivity index (χ4v) is 3.00. The van der Waals surface area contributed by atoms with Crippen molar-refractivity contribution in [2.75, 3.05) is 0 Å². The molecule has 0 spiro atoms. The van der Waals surface area contributed by atoms with E-state index >= 15 is 0 Å². The number of nitrogens with one attached hydrogen (secondary N) is 1. The van der Waals surface area contributed by atoms with E-state index in [1.807, 2.05) is 37.3 Å². The molecule has 1 aromatic carbocycles. The summed E-state index contributed by atoms with van der Waals surface area (Å²) < 4.78 is 1.65. The number of carboxylic acid groups (broad SMARTS) is 1. The molecule has 134 valence electrons. The number of pyridine rings is 1. The van der Waals surface area contributed by atoms with Crippen molar-refractivity contribution in [1.82, 2.24) is 20.1 Å². The van der Waals surface area contributed by atoms with Crippen LogP contribution in [0.25, 0.3) is 22.3 Å². The summed E-state index contributed by atoms with van der Waals surface area (Å²) in [4.78, 5) is 28.4. The van der Waals surface area contributed by atoms with E-state index in [0.29, 0.717) is 28.0 Å². The smallest absolute Gasteiger partial charge is 0.305 e. The molecular weight excluding hydrogens is 332 g/mol. The Labute approximate surface area is 150 Å². The number of aromatic nitrogens is 3. The molecule has 7 nitrogen and oxygen atoms in total. The van der Waals surface area contributed by atoms with Gasteiger partial charge in [0.1, 0.15) is 0 Å². The van der Waals surface area contributed by atoms with E-state index < -0.39 is 12.0 Å². The molecule has 2 heterocycles. The topological polar surface area (TPSA) is 97.1 Å². The van der Waals surface area contributed by atoms with Gasteiger partial charge in [-0.15, -0.1) is 0 Å². The second kappa shape index (κ2) is 6.95. The number of rotatable bonds is 5. The first-order chi connectivity index (χ1) is 12.4. The normalized spacial score (nSPS) is 12.1. The second-order valence-electron chi connectivity index (χ2n) is 6.30. The molecule has 1 unspecified atom stereocenters. The standard InChI is InChI=1S/C19H20N4O3/c1-11(9-16(24)25)20-19(26)14-10-15(13-7-5-4-6-8-13)21-18-17(14)12(2)22-23(18)3/h4-8,10-11H,9H2,1-3H3,(H,20,26)(H,24,25). The summed E-state index contributed by atoms with van der Waals surface area (Å²) >= 11 is 0. The molecule has 7 heteroatoms. The third kappa shape index (κ3) is 3.42. The van der Waals surface area contributed by atoms with E-state index in [1.165, 1.54) is 0 Å². The van der Waals surface area contributed by atoms with Crippen LogP contribution in [0.3, 0.4) is 0 Å². The highest BCUT2D eigenvalue weighted by Gasteiger charge is 2.21. The van der Waals surface area contributed by atoms with Crippen LogP contribution in [0.4, 0.5) is 0 Å². The van der Waals surface area contributed by atoms with Crippen molar-refractivity contribution in [1.29, 1.82) is 0 Å². The Balaban J connectivity index is 2.10. The number of nitrogens with zero attached hydrogens (tertiary/aromatic N) is 3. The molecular formula is C19H20N4O3. The monoisotopic (exact) mass is 352 g/mol. The van der Waals surface area contributed by atoms with Gasteiger partial charge < -0.3 is 10.4 Å². The summed E-state index contributed by atoms with van der Waals surface area (Å²) in [5, 5.41) is 16.7. The van der Waals surface area contributed by atoms with Crippen LogP contribution in [0.2, 0.25) is 0 Å². The summed E-state index contributed by atoms with van der Waals surface area (Å²) in [6, 6.07) is 10.8. The quantitative estimate of drug-likeness (QED) is 0.735. The van der Waals surface area contributed by atoms with Gasteiger partial charge >= 0.3 is 5.97 Å². The Kier molecular flexibility index (Phi) is 4.71. The fourth-order valence-electron chi connectivity index (χ4n) is 3.00. The Morgan fingerprint density at radius 2 is 1.96 bits per heavy atom. The molecule has 2 aromatic heterocycles. The van der Waals surface area contributed by atoms with Crippen molar-refractivity contribution >= 4 is 22.9 Å². The van der Waals surface area contributed by atoms with Gasteiger partial charge in [0, 0.05) is 18.7 Å². The van der Waals surface area contributed by atoms with Gasteiger partial charge in [-0.05, 0) is 19.9 Å². The number of carbonyl (C=O) groups excluding carboxylic acids is 1. The number of hydrogen-bond acceptors (Lipinski definition) is 4. The maximum atomic E-state index is 12.8. The van der Waals surface area contributed by atoms with Crippen LogP contribution in [-0.4, -0.2) is 37.8 Å². The Morgan fingerprint density at radius 1 is 1.27 bits per heavy atom. The number of hydrogen-bond donors (Lipinski definition) is 2. The minimum absolute atomic E-state index is 0.141. The van der Waals surface area contributed by atoms with Crippen LogP contribution in [0, 0.1) is 6.92 Å². The Hall–Kier alpha value is -3.22. The summed E-state index contributed by atoms with van der Waals surface area (Å²) in [5.74, 6) is -1.29.